The fourth-order valence-electron chi connectivity index (χ4n) is 1.97. The Kier molecular flexibility index (Phi) is 2.42. The van der Waals surface area contributed by atoms with Gasteiger partial charge in [0.05, 0.1) is 11.6 Å². The number of aliphatic hydroxyl groups is 1. The van der Waals surface area contributed by atoms with Gasteiger partial charge in [0.1, 0.15) is 5.82 Å². The SMILES string of the molecule is Nc1cc2cc3[nH]c(NCCO)cc3cc2s1. The molecule has 5 N–H and O–H groups in total. The Labute approximate surface area is 102 Å². The number of nitrogen functional groups attached to an aromatic ring is 1. The summed E-state index contributed by atoms with van der Waals surface area (Å²) in [5, 5.41) is 15.0. The van der Waals surface area contributed by atoms with Crippen molar-refractivity contribution in [3.63, 3.8) is 0 Å². The summed E-state index contributed by atoms with van der Waals surface area (Å²) < 4.78 is 1.20. The van der Waals surface area contributed by atoms with Crippen LogP contribution in [0.15, 0.2) is 24.3 Å². The van der Waals surface area contributed by atoms with Crippen LogP contribution in [-0.2, 0) is 0 Å². The van der Waals surface area contributed by atoms with Gasteiger partial charge < -0.3 is 21.1 Å². The molecule has 1 aromatic carbocycles. The molecule has 17 heavy (non-hydrogen) atoms. The van der Waals surface area contributed by atoms with Crippen LogP contribution in [0.1, 0.15) is 0 Å². The zero-order valence-corrected chi connectivity index (χ0v) is 9.97. The van der Waals surface area contributed by atoms with Crippen LogP contribution < -0.4 is 11.1 Å². The Morgan fingerprint density at radius 2 is 2.12 bits per heavy atom. The minimum atomic E-state index is 0.126. The third-order valence-electron chi connectivity index (χ3n) is 2.70. The predicted molar refractivity (Wildman–Crippen MR) is 73.7 cm³/mol. The number of rotatable bonds is 3. The summed E-state index contributed by atoms with van der Waals surface area (Å²) in [4.78, 5) is 3.27. The maximum absolute atomic E-state index is 8.77. The highest BCUT2D eigenvalue weighted by molar-refractivity contribution is 7.22. The van der Waals surface area contributed by atoms with Crippen LogP contribution in [0.25, 0.3) is 21.0 Å². The Morgan fingerprint density at radius 1 is 1.24 bits per heavy atom. The fraction of sp³-hybridized carbons (Fsp3) is 0.167. The first kappa shape index (κ1) is 10.4. The van der Waals surface area contributed by atoms with E-state index >= 15 is 0 Å². The molecule has 0 aliphatic carbocycles. The van der Waals surface area contributed by atoms with E-state index in [4.69, 9.17) is 10.8 Å². The third kappa shape index (κ3) is 1.83. The molecule has 4 nitrogen and oxygen atoms in total. The fourth-order valence-corrected chi connectivity index (χ4v) is 2.83. The summed E-state index contributed by atoms with van der Waals surface area (Å²) in [6.07, 6.45) is 0. The Balaban J connectivity index is 2.09. The van der Waals surface area contributed by atoms with Gasteiger partial charge in [-0.15, -0.1) is 11.3 Å². The van der Waals surface area contributed by atoms with Crippen molar-refractivity contribution in [1.29, 1.82) is 0 Å². The minimum absolute atomic E-state index is 0.126. The van der Waals surface area contributed by atoms with Gasteiger partial charge in [-0.25, -0.2) is 0 Å². The molecule has 0 fully saturated rings. The number of aliphatic hydroxyl groups excluding tert-OH is 1. The van der Waals surface area contributed by atoms with Crippen LogP contribution in [0.5, 0.6) is 0 Å². The van der Waals surface area contributed by atoms with Crippen molar-refractivity contribution >= 4 is 43.1 Å². The molecule has 0 atom stereocenters. The van der Waals surface area contributed by atoms with E-state index in [0.717, 1.165) is 27.1 Å². The van der Waals surface area contributed by atoms with Crippen LogP contribution in [0, 0.1) is 0 Å². The summed E-state index contributed by atoms with van der Waals surface area (Å²) in [5.41, 5.74) is 6.87. The van der Waals surface area contributed by atoms with E-state index in [9.17, 15) is 0 Å². The van der Waals surface area contributed by atoms with Crippen molar-refractivity contribution in [2.75, 3.05) is 24.2 Å². The van der Waals surface area contributed by atoms with Crippen LogP contribution in [0.2, 0.25) is 0 Å². The number of aromatic nitrogens is 1. The largest absolute Gasteiger partial charge is 0.395 e. The lowest BCUT2D eigenvalue weighted by Crippen LogP contribution is -2.05. The minimum Gasteiger partial charge on any atom is -0.395 e. The summed E-state index contributed by atoms with van der Waals surface area (Å²) in [7, 11) is 0. The smallest absolute Gasteiger partial charge is 0.104 e. The molecular weight excluding hydrogens is 234 g/mol. The highest BCUT2D eigenvalue weighted by atomic mass is 32.1. The van der Waals surface area contributed by atoms with Crippen LogP contribution >= 0.6 is 11.3 Å². The number of nitrogens with two attached hydrogens (primary N) is 1. The Bertz CT molecular complexity index is 620. The zero-order chi connectivity index (χ0) is 11.8. The van der Waals surface area contributed by atoms with Gasteiger partial charge in [0.25, 0.3) is 0 Å². The van der Waals surface area contributed by atoms with E-state index in [-0.39, 0.29) is 6.61 Å². The van der Waals surface area contributed by atoms with Gasteiger partial charge in [-0.1, -0.05) is 0 Å². The number of fused-ring (bicyclic) bond motifs is 2. The molecule has 0 bridgehead atoms. The lowest BCUT2D eigenvalue weighted by molar-refractivity contribution is 0.311. The zero-order valence-electron chi connectivity index (χ0n) is 9.16. The molecule has 5 heteroatoms. The average Bonchev–Trinajstić information content (AvgIpc) is 2.83. The molecule has 0 spiro atoms. The van der Waals surface area contributed by atoms with Crippen molar-refractivity contribution in [2.45, 2.75) is 0 Å². The van der Waals surface area contributed by atoms with Gasteiger partial charge in [0, 0.05) is 22.1 Å². The molecule has 0 radical (unpaired) electrons. The lowest BCUT2D eigenvalue weighted by Gasteiger charge is -1.98. The highest BCUT2D eigenvalue weighted by Gasteiger charge is 2.04. The van der Waals surface area contributed by atoms with E-state index in [1.807, 2.05) is 12.1 Å². The lowest BCUT2D eigenvalue weighted by atomic mass is 10.2. The van der Waals surface area contributed by atoms with Gasteiger partial charge >= 0.3 is 0 Å². The third-order valence-corrected chi connectivity index (χ3v) is 3.63. The van der Waals surface area contributed by atoms with Crippen LogP contribution in [-0.4, -0.2) is 23.2 Å². The van der Waals surface area contributed by atoms with Gasteiger partial charge in [0.2, 0.25) is 0 Å². The summed E-state index contributed by atoms with van der Waals surface area (Å²) in [6, 6.07) is 8.26. The number of anilines is 2. The second-order valence-electron chi connectivity index (χ2n) is 3.96. The number of hydrogen-bond donors (Lipinski definition) is 4. The maximum Gasteiger partial charge on any atom is 0.104 e. The topological polar surface area (TPSA) is 74.1 Å². The molecule has 88 valence electrons. The van der Waals surface area contributed by atoms with Gasteiger partial charge in [0.15, 0.2) is 0 Å². The maximum atomic E-state index is 8.77. The van der Waals surface area contributed by atoms with Crippen molar-refractivity contribution in [3.8, 4) is 0 Å². The first-order valence-electron chi connectivity index (χ1n) is 5.43. The summed E-state index contributed by atoms with van der Waals surface area (Å²) >= 11 is 1.60. The molecule has 0 amide bonds. The van der Waals surface area contributed by atoms with Crippen LogP contribution in [0.3, 0.4) is 0 Å². The molecule has 0 aliphatic rings. The number of nitrogens with one attached hydrogen (secondary N) is 2. The average molecular weight is 247 g/mol. The molecule has 0 saturated heterocycles. The monoisotopic (exact) mass is 247 g/mol. The van der Waals surface area contributed by atoms with E-state index in [2.05, 4.69) is 22.4 Å². The highest BCUT2D eigenvalue weighted by Crippen LogP contribution is 2.32. The molecular formula is C12H13N3OS. The predicted octanol–water partition coefficient (Wildman–Crippen LogP) is 2.37. The van der Waals surface area contributed by atoms with Gasteiger partial charge in [-0.2, -0.15) is 0 Å². The Hall–Kier alpha value is -1.72. The number of H-pyrrole nitrogens is 1. The van der Waals surface area contributed by atoms with E-state index in [0.29, 0.717) is 6.54 Å². The second kappa shape index (κ2) is 3.94. The van der Waals surface area contributed by atoms with E-state index < -0.39 is 0 Å². The molecule has 2 heterocycles. The first-order valence-corrected chi connectivity index (χ1v) is 6.24. The molecule has 2 aromatic heterocycles. The summed E-state index contributed by atoms with van der Waals surface area (Å²) in [5.74, 6) is 0.930. The normalized spacial score (nSPS) is 11.4. The number of thiophene rings is 1. The van der Waals surface area contributed by atoms with E-state index in [1.54, 1.807) is 11.3 Å². The standard InChI is InChI=1S/C12H13N3OS/c13-11-5-8-3-9-7(4-10(8)17-11)6-12(15-9)14-1-2-16/h3-6,14-16H,1-2,13H2. The molecule has 3 rings (SSSR count). The Morgan fingerprint density at radius 3 is 2.94 bits per heavy atom. The van der Waals surface area contributed by atoms with Crippen molar-refractivity contribution in [3.05, 3.63) is 24.3 Å². The number of aromatic amines is 1. The van der Waals surface area contributed by atoms with Gasteiger partial charge in [-0.05, 0) is 29.7 Å². The quantitative estimate of drug-likeness (QED) is 0.574. The molecule has 3 aromatic rings. The van der Waals surface area contributed by atoms with E-state index in [1.165, 1.54) is 4.70 Å². The summed E-state index contributed by atoms with van der Waals surface area (Å²) in [6.45, 7) is 0.676. The number of benzene rings is 1. The molecule has 0 saturated carbocycles. The second-order valence-corrected chi connectivity index (χ2v) is 5.07. The van der Waals surface area contributed by atoms with Crippen molar-refractivity contribution < 1.29 is 5.11 Å². The molecule has 0 unspecified atom stereocenters. The van der Waals surface area contributed by atoms with Gasteiger partial charge in [-0.3, -0.25) is 0 Å². The van der Waals surface area contributed by atoms with Crippen molar-refractivity contribution in [1.82, 2.24) is 4.98 Å². The number of hydrogen-bond acceptors (Lipinski definition) is 4. The van der Waals surface area contributed by atoms with Crippen molar-refractivity contribution in [2.24, 2.45) is 0 Å². The van der Waals surface area contributed by atoms with Crippen LogP contribution in [0.4, 0.5) is 10.8 Å². The molecule has 0 aliphatic heterocycles. The first-order chi connectivity index (χ1) is 8.26.